The maximum absolute atomic E-state index is 14.8. The fraction of sp³-hybridized carbons (Fsp3) is 0.612. The Labute approximate surface area is 381 Å². The zero-order valence-corrected chi connectivity index (χ0v) is 40.4. The number of alkyl halides is 1. The minimum Gasteiger partial charge on any atom is -0.507 e. The van der Waals surface area contributed by atoms with Crippen LogP contribution >= 0.6 is 15.9 Å². The molecule has 0 aromatic heterocycles. The predicted octanol–water partition coefficient (Wildman–Crippen LogP) is 7.67. The maximum Gasteiger partial charge on any atom is 0.312 e. The van der Waals surface area contributed by atoms with E-state index < -0.39 is 47.0 Å². The van der Waals surface area contributed by atoms with Gasteiger partial charge in [0.15, 0.2) is 0 Å². The van der Waals surface area contributed by atoms with Crippen LogP contribution in [-0.4, -0.2) is 92.9 Å². The minimum absolute atomic E-state index is 0.00454. The number of aliphatic imine (C=N–C) groups is 1. The Morgan fingerprint density at radius 3 is 2.30 bits per heavy atom. The molecule has 63 heavy (non-hydrogen) atoms. The molecule has 0 unspecified atom stereocenters. The summed E-state index contributed by atoms with van der Waals surface area (Å²) in [5, 5.41) is 30.8. The average Bonchev–Trinajstić information content (AvgIpc) is 3.74. The topological polar surface area (TPSA) is 176 Å². The number of esters is 1. The van der Waals surface area contributed by atoms with Crippen LogP contribution in [0.5, 0.6) is 11.5 Å². The van der Waals surface area contributed by atoms with Crippen LogP contribution in [0, 0.1) is 48.3 Å². The molecule has 1 aromatic carbocycles. The number of piperidine rings is 1. The van der Waals surface area contributed by atoms with E-state index in [9.17, 15) is 29.4 Å². The van der Waals surface area contributed by atoms with Crippen LogP contribution in [0.15, 0.2) is 52.5 Å². The Kier molecular flexibility index (Phi) is 14.6. The maximum atomic E-state index is 14.8. The molecule has 5 heterocycles. The molecule has 1 saturated heterocycles. The van der Waals surface area contributed by atoms with Gasteiger partial charge in [0.1, 0.15) is 29.0 Å². The second kappa shape index (κ2) is 19.1. The van der Waals surface area contributed by atoms with Gasteiger partial charge in [0.25, 0.3) is 11.7 Å². The molecule has 1 fully saturated rings. The van der Waals surface area contributed by atoms with Crippen molar-refractivity contribution in [2.24, 2.45) is 46.4 Å². The van der Waals surface area contributed by atoms with Crippen LogP contribution in [-0.2, 0) is 19.1 Å². The van der Waals surface area contributed by atoms with E-state index in [1.54, 1.807) is 26.0 Å². The summed E-state index contributed by atoms with van der Waals surface area (Å²) in [5.41, 5.74) is 0.222. The number of likely N-dealkylation sites (tertiary alicyclic amines) is 1. The van der Waals surface area contributed by atoms with Crippen molar-refractivity contribution in [3.05, 3.63) is 69.8 Å². The van der Waals surface area contributed by atoms with E-state index in [4.69, 9.17) is 19.2 Å². The van der Waals surface area contributed by atoms with Gasteiger partial charge in [0.05, 0.1) is 34.9 Å². The number of halogens is 1. The van der Waals surface area contributed by atoms with E-state index in [1.165, 1.54) is 13.2 Å². The van der Waals surface area contributed by atoms with E-state index in [0.29, 0.717) is 36.2 Å². The van der Waals surface area contributed by atoms with Gasteiger partial charge in [-0.1, -0.05) is 89.5 Å². The normalized spacial score (nSPS) is 33.1. The predicted molar refractivity (Wildman–Crippen MR) is 246 cm³/mol. The number of allylic oxidation sites excluding steroid dienone is 5. The zero-order valence-electron chi connectivity index (χ0n) is 38.8. The first kappa shape index (κ1) is 48.2. The number of phenolic OH excluding ortho intramolecular Hbond substituents is 1. The van der Waals surface area contributed by atoms with Crippen molar-refractivity contribution in [2.45, 2.75) is 126 Å². The Bertz CT molecular complexity index is 2150. The SMILES string of the molecule is C/C1=C/C=C/[C@H](C)[C@H](OC(=O)CCCBr)[C@@H](C)[C@@H](O)[C@@H](C)[C@H](C)[C@H](C)[C@@H](C)/C=C/O[C@@]2(C)Oc3c(C)c(O)c4c(c3C2=O)C2=NC3(CCN(CC(C)C)CC3)NC2=C(NC1=O)C4=O. The number of amides is 1. The molecule has 1 aromatic rings. The number of ketones is 2. The highest BCUT2D eigenvalue weighted by Gasteiger charge is 2.54. The number of aliphatic hydroxyl groups is 1. The number of nitrogens with one attached hydrogen (secondary N) is 2. The van der Waals surface area contributed by atoms with Gasteiger partial charge in [-0.25, -0.2) is 0 Å². The Hall–Kier alpha value is -4.27. The first-order chi connectivity index (χ1) is 29.6. The van der Waals surface area contributed by atoms with Crippen LogP contribution in [0.4, 0.5) is 0 Å². The van der Waals surface area contributed by atoms with E-state index in [1.807, 2.05) is 39.8 Å². The fourth-order valence-electron chi connectivity index (χ4n) is 9.65. The first-order valence-electron chi connectivity index (χ1n) is 22.6. The van der Waals surface area contributed by atoms with Gasteiger partial charge < -0.3 is 40.0 Å². The smallest absolute Gasteiger partial charge is 0.312 e. The number of benzene rings is 1. The molecule has 0 radical (unpaired) electrons. The van der Waals surface area contributed by atoms with Crippen molar-refractivity contribution in [2.75, 3.05) is 25.0 Å². The van der Waals surface area contributed by atoms with Gasteiger partial charge in [-0.15, -0.1) is 0 Å². The molecule has 1 aliphatic carbocycles. The standard InChI is InChI=1S/C49H67BrN4O9/c1-25(2)24-54-21-18-49(19-22-54)52-38-35-36-42(57)33(10)45-37(35)46(59)48(11,63-45)61-23-17-26(3)29(6)30(7)31(8)41(56)32(9)44(62-34(55)16-13-20-50)27(4)14-12-15-28(5)47(60)51-40(43(36)58)39(38)53-49/h12,14-15,17,23,25-27,29-32,41,44,53,56-57H,13,16,18-22,24H2,1-11H3,(H,51,60)/b14-12+,23-17+,28-15-/t26-,27-,29+,30+,31-,32-,41-,44-,48-/m0/s1. The molecule has 9 atom stereocenters. The van der Waals surface area contributed by atoms with Gasteiger partial charge in [-0.2, -0.15) is 0 Å². The molecule has 5 aliphatic heterocycles. The van der Waals surface area contributed by atoms with E-state index in [2.05, 4.69) is 59.2 Å². The van der Waals surface area contributed by atoms with Crippen molar-refractivity contribution in [3.63, 3.8) is 0 Å². The zero-order chi connectivity index (χ0) is 46.3. The molecule has 6 aliphatic rings. The number of Topliss-reactive ketones (excluding diaryl/α,β-unsaturated/α-hetero) is 2. The van der Waals surface area contributed by atoms with E-state index in [0.717, 1.165) is 19.6 Å². The quantitative estimate of drug-likeness (QED) is 0.163. The van der Waals surface area contributed by atoms with Gasteiger partial charge in [-0.3, -0.25) is 24.2 Å². The highest BCUT2D eigenvalue weighted by Crippen LogP contribution is 2.50. The molecule has 1 spiro atoms. The summed E-state index contributed by atoms with van der Waals surface area (Å²) < 4.78 is 18.6. The number of carbonyl (C=O) groups is 4. The molecular formula is C49H67BrN4O9. The summed E-state index contributed by atoms with van der Waals surface area (Å²) in [6.45, 7) is 23.6. The summed E-state index contributed by atoms with van der Waals surface area (Å²) in [4.78, 5) is 64.3. The van der Waals surface area contributed by atoms with E-state index >= 15 is 0 Å². The number of hydrogen-bond donors (Lipinski definition) is 4. The third-order valence-corrected chi connectivity index (χ3v) is 14.7. The lowest BCUT2D eigenvalue weighted by atomic mass is 9.72. The number of nitrogens with zero attached hydrogens (tertiary/aromatic N) is 2. The van der Waals surface area contributed by atoms with E-state index in [-0.39, 0.29) is 92.7 Å². The van der Waals surface area contributed by atoms with Crippen molar-refractivity contribution < 1.29 is 43.6 Å². The summed E-state index contributed by atoms with van der Waals surface area (Å²) in [7, 11) is 0. The molecule has 7 rings (SSSR count). The van der Waals surface area contributed by atoms with Crippen LogP contribution in [0.2, 0.25) is 0 Å². The second-order valence-corrected chi connectivity index (χ2v) is 20.0. The molecule has 13 nitrogen and oxygen atoms in total. The van der Waals surface area contributed by atoms with Crippen LogP contribution < -0.4 is 15.4 Å². The summed E-state index contributed by atoms with van der Waals surface area (Å²) >= 11 is 3.39. The molecule has 14 heteroatoms. The largest absolute Gasteiger partial charge is 0.507 e. The monoisotopic (exact) mass is 934 g/mol. The number of hydrogen-bond acceptors (Lipinski definition) is 12. The van der Waals surface area contributed by atoms with Crippen molar-refractivity contribution in [1.29, 1.82) is 0 Å². The summed E-state index contributed by atoms with van der Waals surface area (Å²) in [6.07, 6.45) is 9.07. The highest BCUT2D eigenvalue weighted by molar-refractivity contribution is 9.09. The van der Waals surface area contributed by atoms with Crippen molar-refractivity contribution >= 4 is 45.1 Å². The van der Waals surface area contributed by atoms with Gasteiger partial charge in [-0.05, 0) is 55.9 Å². The lowest BCUT2D eigenvalue weighted by Crippen LogP contribution is -2.50. The fourth-order valence-corrected chi connectivity index (χ4v) is 9.93. The first-order valence-corrected chi connectivity index (χ1v) is 23.7. The second-order valence-electron chi connectivity index (χ2n) is 19.2. The molecule has 0 saturated carbocycles. The molecule has 5 bridgehead atoms. The average molecular weight is 936 g/mol. The van der Waals surface area contributed by atoms with Crippen molar-refractivity contribution in [1.82, 2.24) is 15.5 Å². The number of phenols is 1. The lowest BCUT2D eigenvalue weighted by molar-refractivity contribution is -0.157. The third-order valence-electron chi connectivity index (χ3n) is 14.2. The minimum atomic E-state index is -1.84. The van der Waals surface area contributed by atoms with Gasteiger partial charge in [0, 0.05) is 79.7 Å². The summed E-state index contributed by atoms with van der Waals surface area (Å²) in [6, 6.07) is 0. The molecule has 1 amide bonds. The van der Waals surface area contributed by atoms with Crippen LogP contribution in [0.1, 0.15) is 127 Å². The van der Waals surface area contributed by atoms with Crippen molar-refractivity contribution in [3.8, 4) is 11.5 Å². The Balaban J connectivity index is 1.46. The third kappa shape index (κ3) is 9.45. The molecule has 4 N–H and O–H groups in total. The number of ether oxygens (including phenoxy) is 3. The number of rotatable bonds is 6. The van der Waals surface area contributed by atoms with Gasteiger partial charge in [0.2, 0.25) is 5.78 Å². The highest BCUT2D eigenvalue weighted by atomic mass is 79.9. The summed E-state index contributed by atoms with van der Waals surface area (Å²) in [5.74, 6) is -4.76. The number of aromatic hydroxyl groups is 1. The van der Waals surface area contributed by atoms with Crippen LogP contribution in [0.3, 0.4) is 0 Å². The molecular weight excluding hydrogens is 868 g/mol. The number of carbonyl (C=O) groups excluding carboxylic acids is 4. The Morgan fingerprint density at radius 1 is 0.968 bits per heavy atom. The van der Waals surface area contributed by atoms with Gasteiger partial charge >= 0.3 is 11.8 Å². The van der Waals surface area contributed by atoms with Crippen LogP contribution in [0.25, 0.3) is 0 Å². The lowest BCUT2D eigenvalue weighted by Gasteiger charge is -2.38. The number of aliphatic hydroxyl groups excluding tert-OH is 1. The molecule has 344 valence electrons. The Morgan fingerprint density at radius 2 is 1.65 bits per heavy atom. The number of fused-ring (bicyclic) bond motifs is 13.